The first-order valence-electron chi connectivity index (χ1n) is 8.95. The van der Waals surface area contributed by atoms with Crippen molar-refractivity contribution in [2.24, 2.45) is 0 Å². The highest BCUT2D eigenvalue weighted by atomic mass is 32.1. The Labute approximate surface area is 144 Å². The van der Waals surface area contributed by atoms with Crippen molar-refractivity contribution in [3.8, 4) is 0 Å². The van der Waals surface area contributed by atoms with E-state index in [1.165, 1.54) is 43.9 Å². The number of hydrogen-bond acceptors (Lipinski definition) is 6. The highest BCUT2D eigenvalue weighted by Crippen LogP contribution is 2.28. The Morgan fingerprint density at radius 1 is 1.17 bits per heavy atom. The lowest BCUT2D eigenvalue weighted by atomic mass is 9.96. The lowest BCUT2D eigenvalue weighted by Gasteiger charge is -2.26. The maximum atomic E-state index is 6.10. The summed E-state index contributed by atoms with van der Waals surface area (Å²) in [4.78, 5) is 9.59. The summed E-state index contributed by atoms with van der Waals surface area (Å²) in [6, 6.07) is 0. The summed E-state index contributed by atoms with van der Waals surface area (Å²) < 4.78 is 10.6. The minimum absolute atomic E-state index is 0.0266. The molecule has 130 valence electrons. The Balaban J connectivity index is 1.42. The van der Waals surface area contributed by atoms with Gasteiger partial charge in [-0.05, 0) is 32.4 Å². The van der Waals surface area contributed by atoms with E-state index < -0.39 is 0 Å². The summed E-state index contributed by atoms with van der Waals surface area (Å²) in [7, 11) is 0. The van der Waals surface area contributed by atoms with E-state index in [0.29, 0.717) is 6.10 Å². The Morgan fingerprint density at radius 3 is 2.65 bits per heavy atom. The summed E-state index contributed by atoms with van der Waals surface area (Å²) in [5.41, 5.74) is 0.0266. The third-order valence-corrected chi connectivity index (χ3v) is 5.49. The van der Waals surface area contributed by atoms with Crippen molar-refractivity contribution in [3.63, 3.8) is 0 Å². The molecule has 2 fully saturated rings. The normalized spacial score (nSPS) is 23.6. The van der Waals surface area contributed by atoms with Crippen LogP contribution in [-0.4, -0.2) is 59.7 Å². The standard InChI is InChI=1S/C17H30N4OS/c1-17(2,3)15-18-16(23-19-15)21-10-7-14(13-21)22-12-11-20-8-5-4-6-9-20/h14H,4-13H2,1-3H3. The molecule has 1 aromatic heterocycles. The van der Waals surface area contributed by atoms with Crippen molar-refractivity contribution in [2.75, 3.05) is 44.2 Å². The Kier molecular flexibility index (Phi) is 5.54. The predicted octanol–water partition coefficient (Wildman–Crippen LogP) is 2.92. The molecule has 0 aliphatic carbocycles. The summed E-state index contributed by atoms with van der Waals surface area (Å²) in [5.74, 6) is 0.951. The van der Waals surface area contributed by atoms with Gasteiger partial charge in [0.15, 0.2) is 0 Å². The quantitative estimate of drug-likeness (QED) is 0.826. The van der Waals surface area contributed by atoms with Crippen LogP contribution in [0.1, 0.15) is 52.3 Å². The van der Waals surface area contributed by atoms with E-state index in [4.69, 9.17) is 9.72 Å². The van der Waals surface area contributed by atoms with Crippen LogP contribution in [0.3, 0.4) is 0 Å². The maximum Gasteiger partial charge on any atom is 0.205 e. The molecule has 0 radical (unpaired) electrons. The van der Waals surface area contributed by atoms with Gasteiger partial charge in [0, 0.05) is 36.6 Å². The molecule has 6 heteroatoms. The number of likely N-dealkylation sites (tertiary alicyclic amines) is 1. The number of nitrogens with zero attached hydrogens (tertiary/aromatic N) is 4. The number of rotatable bonds is 5. The second-order valence-electron chi connectivity index (χ2n) is 7.78. The van der Waals surface area contributed by atoms with Crippen molar-refractivity contribution in [1.29, 1.82) is 0 Å². The fourth-order valence-electron chi connectivity index (χ4n) is 3.22. The van der Waals surface area contributed by atoms with Crippen LogP contribution in [0.15, 0.2) is 0 Å². The highest BCUT2D eigenvalue weighted by Gasteiger charge is 2.27. The zero-order chi connectivity index (χ0) is 16.3. The fraction of sp³-hybridized carbons (Fsp3) is 0.882. The molecule has 2 aliphatic rings. The summed E-state index contributed by atoms with van der Waals surface area (Å²) in [6.07, 6.45) is 5.55. The third-order valence-electron chi connectivity index (χ3n) is 4.71. The van der Waals surface area contributed by atoms with E-state index in [1.807, 2.05) is 0 Å². The van der Waals surface area contributed by atoms with Gasteiger partial charge in [-0.3, -0.25) is 0 Å². The lowest BCUT2D eigenvalue weighted by molar-refractivity contribution is 0.0467. The van der Waals surface area contributed by atoms with Gasteiger partial charge in [-0.2, -0.15) is 4.37 Å². The van der Waals surface area contributed by atoms with Gasteiger partial charge in [0.1, 0.15) is 5.82 Å². The molecule has 23 heavy (non-hydrogen) atoms. The fourth-order valence-corrected chi connectivity index (χ4v) is 4.11. The van der Waals surface area contributed by atoms with Crippen LogP contribution in [0.2, 0.25) is 0 Å². The minimum Gasteiger partial charge on any atom is -0.375 e. The van der Waals surface area contributed by atoms with E-state index in [2.05, 4.69) is 34.9 Å². The van der Waals surface area contributed by atoms with Crippen LogP contribution < -0.4 is 4.90 Å². The average Bonchev–Trinajstić information content (AvgIpc) is 3.16. The molecular formula is C17H30N4OS. The van der Waals surface area contributed by atoms with Crippen molar-refractivity contribution in [2.45, 2.75) is 58.0 Å². The molecule has 5 nitrogen and oxygen atoms in total. The number of anilines is 1. The summed E-state index contributed by atoms with van der Waals surface area (Å²) in [5, 5.41) is 1.05. The summed E-state index contributed by atoms with van der Waals surface area (Å²) >= 11 is 1.52. The molecule has 0 saturated carbocycles. The van der Waals surface area contributed by atoms with Gasteiger partial charge in [0.25, 0.3) is 0 Å². The number of ether oxygens (including phenoxy) is 1. The van der Waals surface area contributed by atoms with Crippen LogP contribution in [-0.2, 0) is 10.2 Å². The Morgan fingerprint density at radius 2 is 1.96 bits per heavy atom. The van der Waals surface area contributed by atoms with Gasteiger partial charge >= 0.3 is 0 Å². The molecule has 3 heterocycles. The molecule has 3 rings (SSSR count). The van der Waals surface area contributed by atoms with Gasteiger partial charge in [0.2, 0.25) is 5.13 Å². The molecule has 0 amide bonds. The molecule has 0 spiro atoms. The number of aromatic nitrogens is 2. The van der Waals surface area contributed by atoms with Gasteiger partial charge < -0.3 is 14.5 Å². The first-order valence-corrected chi connectivity index (χ1v) is 9.73. The predicted molar refractivity (Wildman–Crippen MR) is 95.5 cm³/mol. The van der Waals surface area contributed by atoms with Crippen molar-refractivity contribution < 1.29 is 4.74 Å². The molecular weight excluding hydrogens is 308 g/mol. The molecule has 2 saturated heterocycles. The molecule has 2 aliphatic heterocycles. The zero-order valence-corrected chi connectivity index (χ0v) is 15.6. The van der Waals surface area contributed by atoms with Crippen molar-refractivity contribution in [3.05, 3.63) is 5.82 Å². The van der Waals surface area contributed by atoms with E-state index in [9.17, 15) is 0 Å². The lowest BCUT2D eigenvalue weighted by Crippen LogP contribution is -2.34. The molecule has 1 atom stereocenters. The largest absolute Gasteiger partial charge is 0.375 e. The van der Waals surface area contributed by atoms with Crippen LogP contribution in [0, 0.1) is 0 Å². The van der Waals surface area contributed by atoms with E-state index in [-0.39, 0.29) is 5.41 Å². The zero-order valence-electron chi connectivity index (χ0n) is 14.8. The third kappa shape index (κ3) is 4.64. The SMILES string of the molecule is CC(C)(C)c1nsc(N2CCC(OCCN3CCCCC3)C2)n1. The molecule has 0 N–H and O–H groups in total. The molecule has 1 unspecified atom stereocenters. The molecule has 0 aromatic carbocycles. The highest BCUT2D eigenvalue weighted by molar-refractivity contribution is 7.09. The average molecular weight is 339 g/mol. The summed E-state index contributed by atoms with van der Waals surface area (Å²) in [6.45, 7) is 12.9. The van der Waals surface area contributed by atoms with Gasteiger partial charge in [-0.1, -0.05) is 27.2 Å². The van der Waals surface area contributed by atoms with Crippen molar-refractivity contribution >= 4 is 16.7 Å². The topological polar surface area (TPSA) is 41.5 Å². The first-order chi connectivity index (χ1) is 11.0. The van der Waals surface area contributed by atoms with E-state index in [0.717, 1.165) is 43.6 Å². The Hall–Kier alpha value is -0.720. The molecule has 0 bridgehead atoms. The van der Waals surface area contributed by atoms with Gasteiger partial charge in [-0.25, -0.2) is 4.98 Å². The van der Waals surface area contributed by atoms with Crippen LogP contribution in [0.5, 0.6) is 0 Å². The first kappa shape index (κ1) is 17.1. The van der Waals surface area contributed by atoms with Gasteiger partial charge in [-0.15, -0.1) is 0 Å². The number of hydrogen-bond donors (Lipinski definition) is 0. The van der Waals surface area contributed by atoms with E-state index >= 15 is 0 Å². The smallest absolute Gasteiger partial charge is 0.205 e. The minimum atomic E-state index is 0.0266. The van der Waals surface area contributed by atoms with Crippen LogP contribution in [0.4, 0.5) is 5.13 Å². The maximum absolute atomic E-state index is 6.10. The van der Waals surface area contributed by atoms with Crippen LogP contribution >= 0.6 is 11.5 Å². The van der Waals surface area contributed by atoms with Crippen molar-refractivity contribution in [1.82, 2.24) is 14.3 Å². The van der Waals surface area contributed by atoms with Crippen LogP contribution in [0.25, 0.3) is 0 Å². The number of piperidine rings is 1. The second kappa shape index (κ2) is 7.45. The van der Waals surface area contributed by atoms with E-state index in [1.54, 1.807) is 0 Å². The Bertz CT molecular complexity index is 493. The molecule has 1 aromatic rings. The second-order valence-corrected chi connectivity index (χ2v) is 8.51. The monoisotopic (exact) mass is 338 g/mol. The van der Waals surface area contributed by atoms with Gasteiger partial charge in [0.05, 0.1) is 12.7 Å².